The number of nitrogens with zero attached hydrogens (tertiary/aromatic N) is 2. The third kappa shape index (κ3) is 5.46. The highest BCUT2D eigenvalue weighted by molar-refractivity contribution is 6.30. The van der Waals surface area contributed by atoms with Gasteiger partial charge < -0.3 is 15.5 Å². The first-order valence-corrected chi connectivity index (χ1v) is 8.47. The number of carbonyl (C=O) groups excluding carboxylic acids is 1. The van der Waals surface area contributed by atoms with Gasteiger partial charge in [-0.25, -0.2) is 4.39 Å². The van der Waals surface area contributed by atoms with E-state index in [9.17, 15) is 9.18 Å². The smallest absolute Gasteiger partial charge is 0.253 e. The lowest BCUT2D eigenvalue weighted by atomic mass is 10.1. The normalized spacial score (nSPS) is 11.2. The van der Waals surface area contributed by atoms with E-state index in [0.717, 1.165) is 11.1 Å². The number of aliphatic imine (C=N–C) groups is 1. The van der Waals surface area contributed by atoms with E-state index in [-0.39, 0.29) is 10.9 Å². The Labute approximate surface area is 157 Å². The van der Waals surface area contributed by atoms with Crippen LogP contribution in [0, 0.1) is 5.82 Å². The van der Waals surface area contributed by atoms with Gasteiger partial charge in [0, 0.05) is 39.8 Å². The molecule has 0 aliphatic heterocycles. The number of hydrogen-bond acceptors (Lipinski definition) is 2. The van der Waals surface area contributed by atoms with E-state index in [1.807, 2.05) is 12.1 Å². The second-order valence-corrected chi connectivity index (χ2v) is 6.33. The molecule has 5 nitrogen and oxygen atoms in total. The number of carbonyl (C=O) groups is 1. The van der Waals surface area contributed by atoms with Crippen LogP contribution in [0.5, 0.6) is 0 Å². The molecule has 138 valence electrons. The second-order valence-electron chi connectivity index (χ2n) is 5.92. The van der Waals surface area contributed by atoms with Gasteiger partial charge in [0.1, 0.15) is 5.82 Å². The van der Waals surface area contributed by atoms with E-state index in [0.29, 0.717) is 24.6 Å². The van der Waals surface area contributed by atoms with Crippen LogP contribution in [0.1, 0.15) is 21.5 Å². The molecule has 0 radical (unpaired) electrons. The number of amides is 1. The predicted octanol–water partition coefficient (Wildman–Crippen LogP) is 3.05. The van der Waals surface area contributed by atoms with Crippen LogP contribution in [0.2, 0.25) is 5.02 Å². The first kappa shape index (κ1) is 19.7. The Bertz CT molecular complexity index is 791. The van der Waals surface area contributed by atoms with Crippen LogP contribution in [0.15, 0.2) is 47.5 Å². The van der Waals surface area contributed by atoms with E-state index >= 15 is 0 Å². The summed E-state index contributed by atoms with van der Waals surface area (Å²) in [6, 6.07) is 12.0. The van der Waals surface area contributed by atoms with Crippen LogP contribution < -0.4 is 10.6 Å². The first-order chi connectivity index (χ1) is 12.4. The summed E-state index contributed by atoms with van der Waals surface area (Å²) in [4.78, 5) is 17.6. The monoisotopic (exact) mass is 376 g/mol. The molecule has 0 aliphatic rings. The van der Waals surface area contributed by atoms with E-state index < -0.39 is 5.82 Å². The minimum Gasteiger partial charge on any atom is -0.352 e. The van der Waals surface area contributed by atoms with Gasteiger partial charge in [0.2, 0.25) is 0 Å². The van der Waals surface area contributed by atoms with Crippen LogP contribution in [0.3, 0.4) is 0 Å². The molecule has 0 heterocycles. The van der Waals surface area contributed by atoms with Crippen LogP contribution in [-0.2, 0) is 13.1 Å². The largest absolute Gasteiger partial charge is 0.352 e. The second kappa shape index (κ2) is 9.20. The van der Waals surface area contributed by atoms with Gasteiger partial charge in [0.25, 0.3) is 5.91 Å². The summed E-state index contributed by atoms with van der Waals surface area (Å²) in [5.74, 6) is 0.146. The van der Waals surface area contributed by atoms with Crippen molar-refractivity contribution >= 4 is 23.5 Å². The average Bonchev–Trinajstić information content (AvgIpc) is 2.64. The summed E-state index contributed by atoms with van der Waals surface area (Å²) in [5, 5.41) is 6.43. The zero-order valence-electron chi connectivity index (χ0n) is 15.0. The van der Waals surface area contributed by atoms with E-state index in [1.165, 1.54) is 6.07 Å². The number of rotatable bonds is 5. The topological polar surface area (TPSA) is 56.7 Å². The fourth-order valence-corrected chi connectivity index (χ4v) is 2.47. The lowest BCUT2D eigenvalue weighted by molar-refractivity contribution is 0.0827. The van der Waals surface area contributed by atoms with Gasteiger partial charge in [-0.1, -0.05) is 29.8 Å². The van der Waals surface area contributed by atoms with Gasteiger partial charge in [0.15, 0.2) is 5.96 Å². The number of halogens is 2. The molecule has 0 aliphatic carbocycles. The van der Waals surface area contributed by atoms with E-state index in [1.54, 1.807) is 50.3 Å². The summed E-state index contributed by atoms with van der Waals surface area (Å²) >= 11 is 5.78. The van der Waals surface area contributed by atoms with Crippen molar-refractivity contribution in [1.29, 1.82) is 0 Å². The predicted molar refractivity (Wildman–Crippen MR) is 103 cm³/mol. The number of hydrogen-bond donors (Lipinski definition) is 2. The molecule has 0 saturated carbocycles. The van der Waals surface area contributed by atoms with Crippen molar-refractivity contribution in [1.82, 2.24) is 15.5 Å². The van der Waals surface area contributed by atoms with Gasteiger partial charge in [-0.3, -0.25) is 9.79 Å². The summed E-state index contributed by atoms with van der Waals surface area (Å²) in [5.41, 5.74) is 2.52. The Morgan fingerprint density at radius 3 is 2.19 bits per heavy atom. The van der Waals surface area contributed by atoms with Gasteiger partial charge in [-0.05, 0) is 35.4 Å². The highest BCUT2D eigenvalue weighted by Gasteiger charge is 2.07. The van der Waals surface area contributed by atoms with E-state index in [2.05, 4.69) is 15.6 Å². The fraction of sp³-hybridized carbons (Fsp3) is 0.263. The molecule has 2 aromatic rings. The van der Waals surface area contributed by atoms with E-state index in [4.69, 9.17) is 11.6 Å². The van der Waals surface area contributed by atoms with Gasteiger partial charge in [-0.15, -0.1) is 0 Å². The van der Waals surface area contributed by atoms with Crippen molar-refractivity contribution in [2.75, 3.05) is 21.1 Å². The maximum Gasteiger partial charge on any atom is 0.253 e. The molecule has 26 heavy (non-hydrogen) atoms. The van der Waals surface area contributed by atoms with Crippen molar-refractivity contribution < 1.29 is 9.18 Å². The summed E-state index contributed by atoms with van der Waals surface area (Å²) in [7, 11) is 5.12. The standard InChI is InChI=1S/C19H22ClFN4O/c1-22-19(24-12-14-6-9-17(21)16(20)10-14)23-11-13-4-7-15(8-5-13)18(26)25(2)3/h4-10H,11-12H2,1-3H3,(H2,22,23,24). The average molecular weight is 377 g/mol. The third-order valence-corrected chi connectivity index (χ3v) is 4.02. The maximum absolute atomic E-state index is 13.2. The molecule has 2 N–H and O–H groups in total. The van der Waals surface area contributed by atoms with Crippen molar-refractivity contribution in [3.05, 3.63) is 70.0 Å². The number of benzene rings is 2. The molecule has 0 aromatic heterocycles. The summed E-state index contributed by atoms with van der Waals surface area (Å²) < 4.78 is 13.2. The van der Waals surface area contributed by atoms with Gasteiger partial charge >= 0.3 is 0 Å². The Kier molecular flexibility index (Phi) is 6.97. The molecule has 0 bridgehead atoms. The highest BCUT2D eigenvalue weighted by Crippen LogP contribution is 2.15. The number of nitrogens with one attached hydrogen (secondary N) is 2. The van der Waals surface area contributed by atoms with Crippen molar-refractivity contribution in [2.24, 2.45) is 4.99 Å². The zero-order valence-corrected chi connectivity index (χ0v) is 15.8. The van der Waals surface area contributed by atoms with Crippen LogP contribution in [0.25, 0.3) is 0 Å². The maximum atomic E-state index is 13.2. The zero-order chi connectivity index (χ0) is 19.1. The molecule has 0 atom stereocenters. The summed E-state index contributed by atoms with van der Waals surface area (Å²) in [6.45, 7) is 1.02. The van der Waals surface area contributed by atoms with Crippen molar-refractivity contribution in [3.63, 3.8) is 0 Å². The molecule has 0 saturated heterocycles. The quantitative estimate of drug-likeness (QED) is 0.623. The van der Waals surface area contributed by atoms with Crippen LogP contribution >= 0.6 is 11.6 Å². The lowest BCUT2D eigenvalue weighted by Gasteiger charge is -2.13. The lowest BCUT2D eigenvalue weighted by Crippen LogP contribution is -2.36. The Morgan fingerprint density at radius 2 is 1.65 bits per heavy atom. The Morgan fingerprint density at radius 1 is 1.08 bits per heavy atom. The first-order valence-electron chi connectivity index (χ1n) is 8.09. The molecular formula is C19H22ClFN4O. The fourth-order valence-electron chi connectivity index (χ4n) is 2.27. The molecule has 2 rings (SSSR count). The summed E-state index contributed by atoms with van der Waals surface area (Å²) in [6.07, 6.45) is 0. The number of guanidine groups is 1. The molecule has 0 fully saturated rings. The molecule has 2 aromatic carbocycles. The molecule has 0 spiro atoms. The van der Waals surface area contributed by atoms with Crippen LogP contribution in [0.4, 0.5) is 4.39 Å². The molecular weight excluding hydrogens is 355 g/mol. The van der Waals surface area contributed by atoms with Gasteiger partial charge in [0.05, 0.1) is 5.02 Å². The Hall–Kier alpha value is -2.60. The molecule has 1 amide bonds. The van der Waals surface area contributed by atoms with Crippen molar-refractivity contribution in [2.45, 2.75) is 13.1 Å². The van der Waals surface area contributed by atoms with Gasteiger partial charge in [-0.2, -0.15) is 0 Å². The Balaban J connectivity index is 1.88. The highest BCUT2D eigenvalue weighted by atomic mass is 35.5. The minimum atomic E-state index is -0.436. The van der Waals surface area contributed by atoms with Crippen molar-refractivity contribution in [3.8, 4) is 0 Å². The van der Waals surface area contributed by atoms with Crippen LogP contribution in [-0.4, -0.2) is 37.9 Å². The SMILES string of the molecule is CN=C(NCc1ccc(C(=O)N(C)C)cc1)NCc1ccc(F)c(Cl)c1. The molecule has 7 heteroatoms. The third-order valence-electron chi connectivity index (χ3n) is 3.73. The minimum absolute atomic E-state index is 0.0278. The molecule has 0 unspecified atom stereocenters.